The zero-order valence-corrected chi connectivity index (χ0v) is 5.86. The van der Waals surface area contributed by atoms with Gasteiger partial charge in [-0.2, -0.15) is 0 Å². The van der Waals surface area contributed by atoms with Crippen LogP contribution in [0.25, 0.3) is 0 Å². The molecule has 0 rings (SSSR count). The molecule has 0 aromatic carbocycles. The van der Waals surface area contributed by atoms with E-state index >= 15 is 0 Å². The Morgan fingerprint density at radius 1 is 1.80 bits per heavy atom. The van der Waals surface area contributed by atoms with Crippen molar-refractivity contribution < 1.29 is 0 Å². The normalized spacial score (nSPS) is 10.0. The summed E-state index contributed by atoms with van der Waals surface area (Å²) >= 11 is 1.74. The fourth-order valence-electron chi connectivity index (χ4n) is 0.105. The first-order chi connectivity index (χ1) is 2.41. The van der Waals surface area contributed by atoms with Crippen molar-refractivity contribution in [2.24, 2.45) is 0 Å². The molecule has 1 heteroatoms. The van der Waals surface area contributed by atoms with Crippen molar-refractivity contribution in [3.8, 4) is 0 Å². The van der Waals surface area contributed by atoms with Gasteiger partial charge in [0.15, 0.2) is 0 Å². The summed E-state index contributed by atoms with van der Waals surface area (Å²) < 4.78 is 2.11. The molecule has 0 spiro atoms. The Hall–Kier alpha value is 0.558. The molecule has 0 aliphatic carbocycles. The zero-order valence-electron chi connectivity index (χ0n) is 3.31. The van der Waals surface area contributed by atoms with Crippen LogP contribution in [0.2, 0.25) is 0 Å². The van der Waals surface area contributed by atoms with E-state index < -0.39 is 0 Å². The molecule has 0 bridgehead atoms. The molecule has 0 unspecified atom stereocenters. The van der Waals surface area contributed by atoms with Crippen LogP contribution in [0.5, 0.6) is 0 Å². The zero-order chi connectivity index (χ0) is 4.12. The van der Waals surface area contributed by atoms with Crippen molar-refractivity contribution in [2.75, 3.05) is 0 Å². The summed E-state index contributed by atoms with van der Waals surface area (Å²) in [5.74, 6) is 0. The fraction of sp³-hybridized carbons (Fsp3) is 0.500. The molecule has 5 heavy (non-hydrogen) atoms. The van der Waals surface area contributed by atoms with Gasteiger partial charge in [-0.1, -0.05) is 0 Å². The van der Waals surface area contributed by atoms with Gasteiger partial charge in [-0.15, -0.1) is 0 Å². The van der Waals surface area contributed by atoms with Gasteiger partial charge in [-0.3, -0.25) is 0 Å². The van der Waals surface area contributed by atoms with Crippen molar-refractivity contribution in [3.05, 3.63) is 10.1 Å². The third-order valence-electron chi connectivity index (χ3n) is 0.341. The van der Waals surface area contributed by atoms with E-state index in [4.69, 9.17) is 0 Å². The standard InChI is InChI=1S/C4H7.Sb/c1-3-4-2;/h1,3H,4H2,2H3;. The van der Waals surface area contributed by atoms with Crippen LogP contribution in [0.1, 0.15) is 13.3 Å². The minimum absolute atomic E-state index is 1.18. The summed E-state index contributed by atoms with van der Waals surface area (Å²) in [6.45, 7) is 2.13. The van der Waals surface area contributed by atoms with Crippen molar-refractivity contribution in [3.63, 3.8) is 0 Å². The van der Waals surface area contributed by atoms with Gasteiger partial charge >= 0.3 is 46.5 Å². The van der Waals surface area contributed by atoms with Gasteiger partial charge in [0, 0.05) is 0 Å². The molecular formula is C4H7Sb. The van der Waals surface area contributed by atoms with Crippen LogP contribution in [0.15, 0.2) is 10.1 Å². The van der Waals surface area contributed by atoms with Crippen LogP contribution in [0, 0.1) is 0 Å². The number of allylic oxidation sites excluding steroid dienone is 1. The molecule has 0 saturated heterocycles. The minimum atomic E-state index is 1.18. The van der Waals surface area contributed by atoms with Crippen molar-refractivity contribution in [1.82, 2.24) is 0 Å². The van der Waals surface area contributed by atoms with E-state index in [1.807, 2.05) is 0 Å². The van der Waals surface area contributed by atoms with E-state index in [1.54, 1.807) is 23.0 Å². The molecule has 0 saturated carbocycles. The molecule has 0 aromatic heterocycles. The van der Waals surface area contributed by atoms with Crippen molar-refractivity contribution in [1.29, 1.82) is 0 Å². The third-order valence-corrected chi connectivity index (χ3v) is 0.943. The average molecular weight is 177 g/mol. The maximum absolute atomic E-state index is 2.15. The quantitative estimate of drug-likeness (QED) is 0.525. The second-order valence-corrected chi connectivity index (χ2v) is 1.64. The van der Waals surface area contributed by atoms with Gasteiger partial charge in [0.25, 0.3) is 0 Å². The molecule has 0 aliphatic rings. The molecular weight excluding hydrogens is 170 g/mol. The van der Waals surface area contributed by atoms with Gasteiger partial charge in [-0.05, 0) is 0 Å². The Morgan fingerprint density at radius 3 is 2.40 bits per heavy atom. The van der Waals surface area contributed by atoms with Crippen molar-refractivity contribution >= 4 is 23.0 Å². The van der Waals surface area contributed by atoms with E-state index in [2.05, 4.69) is 17.0 Å². The fourth-order valence-corrected chi connectivity index (χ4v) is 0.707. The van der Waals surface area contributed by atoms with Crippen molar-refractivity contribution in [2.45, 2.75) is 13.3 Å². The number of hydrogen-bond acceptors (Lipinski definition) is 0. The molecule has 0 N–H and O–H groups in total. The summed E-state index contributed by atoms with van der Waals surface area (Å²) in [7, 11) is 0. The average Bonchev–Trinajstić information content (AvgIpc) is 1.41. The topological polar surface area (TPSA) is 0 Å². The SMILES string of the molecule is CC/C=[CH]/[Sb]. The van der Waals surface area contributed by atoms with Gasteiger partial charge in [-0.25, -0.2) is 0 Å². The summed E-state index contributed by atoms with van der Waals surface area (Å²) in [5.41, 5.74) is 0. The Morgan fingerprint density at radius 2 is 2.40 bits per heavy atom. The molecule has 2 radical (unpaired) electrons. The van der Waals surface area contributed by atoms with E-state index in [1.165, 1.54) is 6.42 Å². The van der Waals surface area contributed by atoms with Crippen LogP contribution in [0.3, 0.4) is 0 Å². The van der Waals surface area contributed by atoms with Gasteiger partial charge < -0.3 is 0 Å². The van der Waals surface area contributed by atoms with Gasteiger partial charge in [0.1, 0.15) is 0 Å². The summed E-state index contributed by atoms with van der Waals surface area (Å²) in [5, 5.41) is 0. The van der Waals surface area contributed by atoms with Gasteiger partial charge in [0.05, 0.1) is 0 Å². The van der Waals surface area contributed by atoms with E-state index in [-0.39, 0.29) is 0 Å². The molecule has 0 amide bonds. The van der Waals surface area contributed by atoms with Crippen LogP contribution in [-0.4, -0.2) is 23.0 Å². The predicted molar refractivity (Wildman–Crippen MR) is 25.2 cm³/mol. The van der Waals surface area contributed by atoms with E-state index in [0.29, 0.717) is 0 Å². The van der Waals surface area contributed by atoms with E-state index in [9.17, 15) is 0 Å². The molecule has 0 aliphatic heterocycles. The maximum atomic E-state index is 2.15. The Balaban J connectivity index is 2.62. The van der Waals surface area contributed by atoms with Gasteiger partial charge in [0.2, 0.25) is 0 Å². The Kier molecular flexibility index (Phi) is 5.07. The second-order valence-electron chi connectivity index (χ2n) is 0.793. The number of rotatable bonds is 1. The Bertz CT molecular complexity index is 30.6. The molecule has 0 fully saturated rings. The van der Waals surface area contributed by atoms with Crippen LogP contribution in [-0.2, 0) is 0 Å². The first-order valence-corrected chi connectivity index (χ1v) is 3.18. The summed E-state index contributed by atoms with van der Waals surface area (Å²) in [6.07, 6.45) is 3.32. The van der Waals surface area contributed by atoms with E-state index in [0.717, 1.165) is 0 Å². The predicted octanol–water partition coefficient (Wildman–Crippen LogP) is 1.08. The van der Waals surface area contributed by atoms with Crippen LogP contribution in [0.4, 0.5) is 0 Å². The molecule has 0 nitrogen and oxygen atoms in total. The number of hydrogen-bond donors (Lipinski definition) is 0. The molecule has 0 heterocycles. The molecule has 0 aromatic rings. The van der Waals surface area contributed by atoms with Crippen LogP contribution >= 0.6 is 0 Å². The molecule has 0 atom stereocenters. The Labute approximate surface area is 46.8 Å². The first-order valence-electron chi connectivity index (χ1n) is 1.71. The van der Waals surface area contributed by atoms with Crippen LogP contribution < -0.4 is 0 Å². The monoisotopic (exact) mass is 176 g/mol. The summed E-state index contributed by atoms with van der Waals surface area (Å²) in [4.78, 5) is 0. The first kappa shape index (κ1) is 5.56. The summed E-state index contributed by atoms with van der Waals surface area (Å²) in [6, 6.07) is 0. The third kappa shape index (κ3) is 4.56. The molecule has 28 valence electrons. The second kappa shape index (κ2) is 4.56.